The Labute approximate surface area is 106 Å². The molecule has 0 spiro atoms. The average molecular weight is 250 g/mol. The van der Waals surface area contributed by atoms with Gasteiger partial charge in [-0.05, 0) is 30.9 Å². The second-order valence-corrected chi connectivity index (χ2v) is 4.52. The molecular formula is C13H18N2O3. The molecule has 1 saturated heterocycles. The number of carbonyl (C=O) groups is 1. The van der Waals surface area contributed by atoms with Crippen LogP contribution in [0.15, 0.2) is 18.2 Å². The van der Waals surface area contributed by atoms with E-state index in [-0.39, 0.29) is 22.9 Å². The monoisotopic (exact) mass is 250 g/mol. The number of nitrogens with one attached hydrogen (secondary N) is 1. The van der Waals surface area contributed by atoms with Gasteiger partial charge >= 0.3 is 0 Å². The first kappa shape index (κ1) is 12.7. The Kier molecular flexibility index (Phi) is 4.04. The summed E-state index contributed by atoms with van der Waals surface area (Å²) in [6, 6.07) is 4.76. The molecule has 1 atom stereocenters. The first-order chi connectivity index (χ1) is 8.68. The van der Waals surface area contributed by atoms with Gasteiger partial charge in [0.1, 0.15) is 0 Å². The lowest BCUT2D eigenvalue weighted by molar-refractivity contribution is 0.0948. The minimum atomic E-state index is -0.293. The van der Waals surface area contributed by atoms with Gasteiger partial charge in [-0.3, -0.25) is 4.79 Å². The van der Waals surface area contributed by atoms with Crippen LogP contribution in [-0.2, 0) is 4.74 Å². The Morgan fingerprint density at radius 3 is 3.11 bits per heavy atom. The van der Waals surface area contributed by atoms with Crippen molar-refractivity contribution in [3.63, 3.8) is 0 Å². The zero-order valence-electron chi connectivity index (χ0n) is 10.2. The number of phenolic OH excluding ortho intramolecular Hbond substituents is 1. The van der Waals surface area contributed by atoms with Gasteiger partial charge in [-0.1, -0.05) is 6.07 Å². The van der Waals surface area contributed by atoms with E-state index >= 15 is 0 Å². The molecule has 0 radical (unpaired) electrons. The highest BCUT2D eigenvalue weighted by atomic mass is 16.5. The van der Waals surface area contributed by atoms with Crippen LogP contribution in [0.1, 0.15) is 23.2 Å². The quantitative estimate of drug-likeness (QED) is 0.552. The van der Waals surface area contributed by atoms with Crippen LogP contribution in [0.4, 0.5) is 5.69 Å². The minimum absolute atomic E-state index is 0.154. The SMILES string of the molecule is Nc1cccc(C(=O)NCCC2CCOC2)c1O. The summed E-state index contributed by atoms with van der Waals surface area (Å²) in [5, 5.41) is 12.5. The molecule has 1 heterocycles. The second-order valence-electron chi connectivity index (χ2n) is 4.52. The van der Waals surface area contributed by atoms with E-state index in [0.29, 0.717) is 12.5 Å². The molecule has 98 valence electrons. The molecule has 0 aliphatic carbocycles. The molecule has 5 nitrogen and oxygen atoms in total. The fourth-order valence-electron chi connectivity index (χ4n) is 2.04. The van der Waals surface area contributed by atoms with Crippen LogP contribution < -0.4 is 11.1 Å². The topological polar surface area (TPSA) is 84.6 Å². The van der Waals surface area contributed by atoms with Crippen LogP contribution in [0.2, 0.25) is 0 Å². The van der Waals surface area contributed by atoms with Crippen molar-refractivity contribution in [3.05, 3.63) is 23.8 Å². The summed E-state index contributed by atoms with van der Waals surface area (Å²) in [5.74, 6) is 0.0812. The number of rotatable bonds is 4. The van der Waals surface area contributed by atoms with Crippen molar-refractivity contribution < 1.29 is 14.6 Å². The zero-order valence-corrected chi connectivity index (χ0v) is 10.2. The Balaban J connectivity index is 1.85. The number of amides is 1. The molecule has 0 saturated carbocycles. The number of hydrogen-bond donors (Lipinski definition) is 3. The number of phenols is 1. The van der Waals surface area contributed by atoms with Crippen LogP contribution in [0.5, 0.6) is 5.75 Å². The fraction of sp³-hybridized carbons (Fsp3) is 0.462. The Morgan fingerprint density at radius 1 is 1.56 bits per heavy atom. The lowest BCUT2D eigenvalue weighted by Gasteiger charge is -2.10. The predicted octanol–water partition coefficient (Wildman–Crippen LogP) is 1.13. The zero-order chi connectivity index (χ0) is 13.0. The standard InChI is InChI=1S/C13H18N2O3/c14-11-3-1-2-10(12(11)16)13(17)15-6-4-9-5-7-18-8-9/h1-3,9,16H,4-8,14H2,(H,15,17). The summed E-state index contributed by atoms with van der Waals surface area (Å²) >= 11 is 0. The smallest absolute Gasteiger partial charge is 0.255 e. The summed E-state index contributed by atoms with van der Waals surface area (Å²) in [4.78, 5) is 11.8. The average Bonchev–Trinajstić information content (AvgIpc) is 2.85. The third-order valence-corrected chi connectivity index (χ3v) is 3.17. The van der Waals surface area contributed by atoms with E-state index in [0.717, 1.165) is 26.1 Å². The van der Waals surface area contributed by atoms with E-state index < -0.39 is 0 Å². The summed E-state index contributed by atoms with van der Waals surface area (Å²) in [6.45, 7) is 2.18. The van der Waals surface area contributed by atoms with Crippen LogP contribution in [0, 0.1) is 5.92 Å². The lowest BCUT2D eigenvalue weighted by Crippen LogP contribution is -2.26. The largest absolute Gasteiger partial charge is 0.505 e. The number of para-hydroxylation sites is 1. The number of ether oxygens (including phenoxy) is 1. The first-order valence-electron chi connectivity index (χ1n) is 6.12. The van der Waals surface area contributed by atoms with Gasteiger partial charge in [0.2, 0.25) is 0 Å². The number of hydrogen-bond acceptors (Lipinski definition) is 4. The van der Waals surface area contributed by atoms with Crippen molar-refractivity contribution >= 4 is 11.6 Å². The molecule has 1 aromatic rings. The van der Waals surface area contributed by atoms with Gasteiger partial charge in [-0.15, -0.1) is 0 Å². The van der Waals surface area contributed by atoms with Gasteiger partial charge in [-0.25, -0.2) is 0 Å². The van der Waals surface area contributed by atoms with Crippen LogP contribution in [0.3, 0.4) is 0 Å². The Bertz CT molecular complexity index is 428. The van der Waals surface area contributed by atoms with Crippen molar-refractivity contribution in [1.29, 1.82) is 0 Å². The third kappa shape index (κ3) is 2.92. The van der Waals surface area contributed by atoms with Crippen LogP contribution in [-0.4, -0.2) is 30.8 Å². The van der Waals surface area contributed by atoms with Crippen LogP contribution >= 0.6 is 0 Å². The number of aromatic hydroxyl groups is 1. The van der Waals surface area contributed by atoms with Gasteiger partial charge in [0.15, 0.2) is 5.75 Å². The normalized spacial score (nSPS) is 18.8. The van der Waals surface area contributed by atoms with Crippen molar-refractivity contribution in [2.45, 2.75) is 12.8 Å². The Hall–Kier alpha value is -1.75. The fourth-order valence-corrected chi connectivity index (χ4v) is 2.04. The van der Waals surface area contributed by atoms with Gasteiger partial charge in [0.25, 0.3) is 5.91 Å². The van der Waals surface area contributed by atoms with Crippen molar-refractivity contribution in [2.75, 3.05) is 25.5 Å². The summed E-state index contributed by atoms with van der Waals surface area (Å²) in [7, 11) is 0. The molecule has 1 aromatic carbocycles. The molecule has 1 fully saturated rings. The molecule has 0 aromatic heterocycles. The van der Waals surface area contributed by atoms with E-state index in [1.165, 1.54) is 0 Å². The van der Waals surface area contributed by atoms with Gasteiger partial charge in [0.05, 0.1) is 11.3 Å². The van der Waals surface area contributed by atoms with Crippen molar-refractivity contribution in [3.8, 4) is 5.75 Å². The molecule has 2 rings (SSSR count). The van der Waals surface area contributed by atoms with Crippen LogP contribution in [0.25, 0.3) is 0 Å². The van der Waals surface area contributed by atoms with Gasteiger partial charge < -0.3 is 20.9 Å². The molecule has 1 aliphatic rings. The van der Waals surface area contributed by atoms with Crippen molar-refractivity contribution in [2.24, 2.45) is 5.92 Å². The summed E-state index contributed by atoms with van der Waals surface area (Å²) in [5.41, 5.74) is 5.97. The van der Waals surface area contributed by atoms with Gasteiger partial charge in [0, 0.05) is 19.8 Å². The number of carbonyl (C=O) groups excluding carboxylic acids is 1. The highest BCUT2D eigenvalue weighted by Gasteiger charge is 2.16. The molecular weight excluding hydrogens is 232 g/mol. The molecule has 5 heteroatoms. The summed E-state index contributed by atoms with van der Waals surface area (Å²) in [6.07, 6.45) is 1.95. The minimum Gasteiger partial charge on any atom is -0.505 e. The van der Waals surface area contributed by atoms with Crippen molar-refractivity contribution in [1.82, 2.24) is 5.32 Å². The highest BCUT2D eigenvalue weighted by molar-refractivity contribution is 5.98. The van der Waals surface area contributed by atoms with E-state index in [1.807, 2.05) is 0 Å². The molecule has 0 bridgehead atoms. The maximum absolute atomic E-state index is 11.8. The molecule has 18 heavy (non-hydrogen) atoms. The third-order valence-electron chi connectivity index (χ3n) is 3.17. The maximum Gasteiger partial charge on any atom is 0.255 e. The maximum atomic E-state index is 11.8. The lowest BCUT2D eigenvalue weighted by atomic mass is 10.1. The van der Waals surface area contributed by atoms with E-state index in [9.17, 15) is 9.90 Å². The molecule has 1 aliphatic heterocycles. The molecule has 4 N–H and O–H groups in total. The summed E-state index contributed by atoms with van der Waals surface area (Å²) < 4.78 is 5.26. The number of anilines is 1. The number of nitrogens with two attached hydrogens (primary N) is 1. The van der Waals surface area contributed by atoms with E-state index in [1.54, 1.807) is 18.2 Å². The molecule has 1 unspecified atom stereocenters. The van der Waals surface area contributed by atoms with E-state index in [4.69, 9.17) is 10.5 Å². The molecule has 1 amide bonds. The first-order valence-corrected chi connectivity index (χ1v) is 6.12. The predicted molar refractivity (Wildman–Crippen MR) is 68.4 cm³/mol. The highest BCUT2D eigenvalue weighted by Crippen LogP contribution is 2.24. The van der Waals surface area contributed by atoms with E-state index in [2.05, 4.69) is 5.32 Å². The second kappa shape index (κ2) is 5.73. The number of benzene rings is 1. The Morgan fingerprint density at radius 2 is 2.39 bits per heavy atom. The van der Waals surface area contributed by atoms with Gasteiger partial charge in [-0.2, -0.15) is 0 Å². The number of nitrogen functional groups attached to an aromatic ring is 1.